The standard InChI is InChI=1S/C16H13FN4O4/c1-2-11-15(20-8-9(17)3-6-14(20)18-11)16(23)19-12-7-10(21(24)25)4-5-13(12)22/h3-8,22H,2H2,1H3,(H,19,23). The van der Waals surface area contributed by atoms with Crippen LogP contribution in [0.4, 0.5) is 15.8 Å². The van der Waals surface area contributed by atoms with Crippen LogP contribution in [0.1, 0.15) is 23.1 Å². The van der Waals surface area contributed by atoms with Gasteiger partial charge in [0, 0.05) is 18.3 Å². The fraction of sp³-hybridized carbons (Fsp3) is 0.125. The first-order valence-electron chi connectivity index (χ1n) is 7.36. The Morgan fingerprint density at radius 1 is 1.40 bits per heavy atom. The van der Waals surface area contributed by atoms with Crippen LogP contribution in [0.5, 0.6) is 5.75 Å². The number of fused-ring (bicyclic) bond motifs is 1. The average molecular weight is 344 g/mol. The lowest BCUT2D eigenvalue weighted by atomic mass is 10.2. The Kier molecular flexibility index (Phi) is 4.05. The summed E-state index contributed by atoms with van der Waals surface area (Å²) in [6, 6.07) is 5.95. The largest absolute Gasteiger partial charge is 0.506 e. The molecule has 1 amide bonds. The zero-order valence-corrected chi connectivity index (χ0v) is 13.1. The van der Waals surface area contributed by atoms with Crippen LogP contribution in [0, 0.1) is 15.9 Å². The Hall–Kier alpha value is -3.49. The molecule has 0 unspecified atom stereocenters. The fourth-order valence-corrected chi connectivity index (χ4v) is 2.47. The molecule has 2 aromatic heterocycles. The van der Waals surface area contributed by atoms with Gasteiger partial charge in [-0.2, -0.15) is 0 Å². The monoisotopic (exact) mass is 344 g/mol. The summed E-state index contributed by atoms with van der Waals surface area (Å²) in [4.78, 5) is 27.1. The number of aromatic nitrogens is 2. The lowest BCUT2D eigenvalue weighted by Crippen LogP contribution is -2.16. The maximum Gasteiger partial charge on any atom is 0.274 e. The second kappa shape index (κ2) is 6.19. The van der Waals surface area contributed by atoms with Gasteiger partial charge in [0.1, 0.15) is 22.9 Å². The Morgan fingerprint density at radius 3 is 2.84 bits per heavy atom. The van der Waals surface area contributed by atoms with Crippen molar-refractivity contribution in [3.63, 3.8) is 0 Å². The van der Waals surface area contributed by atoms with Crippen molar-refractivity contribution in [1.29, 1.82) is 0 Å². The van der Waals surface area contributed by atoms with Crippen LogP contribution in [0.2, 0.25) is 0 Å². The number of nitrogens with one attached hydrogen (secondary N) is 1. The number of aromatic hydroxyl groups is 1. The number of non-ortho nitro benzene ring substituents is 1. The van der Waals surface area contributed by atoms with Crippen LogP contribution in [-0.2, 0) is 6.42 Å². The molecule has 0 fully saturated rings. The molecule has 2 N–H and O–H groups in total. The third-order valence-electron chi connectivity index (χ3n) is 3.64. The van der Waals surface area contributed by atoms with Gasteiger partial charge in [-0.1, -0.05) is 6.92 Å². The molecule has 0 atom stereocenters. The highest BCUT2D eigenvalue weighted by molar-refractivity contribution is 6.05. The van der Waals surface area contributed by atoms with Crippen molar-refractivity contribution in [3.05, 3.63) is 63.8 Å². The molecule has 0 aliphatic rings. The molecule has 0 radical (unpaired) electrons. The highest BCUT2D eigenvalue weighted by Gasteiger charge is 2.21. The number of carbonyl (C=O) groups is 1. The number of imidazole rings is 1. The molecule has 3 rings (SSSR count). The van der Waals surface area contributed by atoms with E-state index in [1.165, 1.54) is 16.5 Å². The Balaban J connectivity index is 2.05. The number of halogens is 1. The summed E-state index contributed by atoms with van der Waals surface area (Å²) in [5, 5.41) is 23.1. The van der Waals surface area contributed by atoms with E-state index in [1.54, 1.807) is 6.92 Å². The molecule has 9 heteroatoms. The van der Waals surface area contributed by atoms with E-state index in [4.69, 9.17) is 0 Å². The number of nitro benzene ring substituents is 1. The summed E-state index contributed by atoms with van der Waals surface area (Å²) in [6.45, 7) is 1.79. The molecular formula is C16H13FN4O4. The van der Waals surface area contributed by atoms with Crippen molar-refractivity contribution in [2.75, 3.05) is 5.32 Å². The molecule has 2 heterocycles. The van der Waals surface area contributed by atoms with E-state index in [1.807, 2.05) is 0 Å². The molecule has 0 bridgehead atoms. The quantitative estimate of drug-likeness (QED) is 0.429. The zero-order chi connectivity index (χ0) is 18.1. The predicted molar refractivity (Wildman–Crippen MR) is 87.2 cm³/mol. The highest BCUT2D eigenvalue weighted by atomic mass is 19.1. The maximum absolute atomic E-state index is 13.5. The van der Waals surface area contributed by atoms with Gasteiger partial charge in [0.25, 0.3) is 11.6 Å². The first-order valence-corrected chi connectivity index (χ1v) is 7.36. The molecule has 0 aliphatic carbocycles. The number of phenols is 1. The first kappa shape index (κ1) is 16.4. The summed E-state index contributed by atoms with van der Waals surface area (Å²) in [6.07, 6.45) is 1.55. The molecule has 1 aromatic carbocycles. The number of benzene rings is 1. The van der Waals surface area contributed by atoms with Gasteiger partial charge in [0.15, 0.2) is 0 Å². The van der Waals surface area contributed by atoms with Crippen LogP contribution < -0.4 is 5.32 Å². The third kappa shape index (κ3) is 2.99. The van der Waals surface area contributed by atoms with Crippen molar-refractivity contribution >= 4 is 22.9 Å². The molecule has 0 saturated heterocycles. The van der Waals surface area contributed by atoms with Crippen molar-refractivity contribution < 1.29 is 19.2 Å². The van der Waals surface area contributed by atoms with Gasteiger partial charge in [-0.3, -0.25) is 19.3 Å². The van der Waals surface area contributed by atoms with Gasteiger partial charge in [0.05, 0.1) is 16.3 Å². The third-order valence-corrected chi connectivity index (χ3v) is 3.64. The molecular weight excluding hydrogens is 331 g/mol. The first-order chi connectivity index (χ1) is 11.9. The van der Waals surface area contributed by atoms with E-state index in [0.717, 1.165) is 24.4 Å². The second-order valence-electron chi connectivity index (χ2n) is 5.25. The van der Waals surface area contributed by atoms with Crippen molar-refractivity contribution in [1.82, 2.24) is 9.38 Å². The van der Waals surface area contributed by atoms with Gasteiger partial charge in [0.2, 0.25) is 0 Å². The summed E-state index contributed by atoms with van der Waals surface area (Å²) in [7, 11) is 0. The predicted octanol–water partition coefficient (Wildman–Crippen LogP) is 2.90. The number of aryl methyl sites for hydroxylation is 1. The number of pyridine rings is 1. The topological polar surface area (TPSA) is 110 Å². The van der Waals surface area contributed by atoms with Gasteiger partial charge in [-0.25, -0.2) is 9.37 Å². The number of nitro groups is 1. The molecule has 25 heavy (non-hydrogen) atoms. The van der Waals surface area contributed by atoms with Crippen molar-refractivity contribution in [2.24, 2.45) is 0 Å². The summed E-state index contributed by atoms with van der Waals surface area (Å²) < 4.78 is 14.8. The molecule has 0 saturated carbocycles. The maximum atomic E-state index is 13.5. The number of nitrogens with zero attached hydrogens (tertiary/aromatic N) is 3. The van der Waals surface area contributed by atoms with Gasteiger partial charge in [-0.05, 0) is 24.6 Å². The van der Waals surface area contributed by atoms with E-state index >= 15 is 0 Å². The van der Waals surface area contributed by atoms with E-state index in [2.05, 4.69) is 10.3 Å². The molecule has 0 aliphatic heterocycles. The van der Waals surface area contributed by atoms with E-state index < -0.39 is 16.6 Å². The van der Waals surface area contributed by atoms with E-state index in [-0.39, 0.29) is 22.8 Å². The van der Waals surface area contributed by atoms with Crippen LogP contribution >= 0.6 is 0 Å². The lowest BCUT2D eigenvalue weighted by molar-refractivity contribution is -0.384. The highest BCUT2D eigenvalue weighted by Crippen LogP contribution is 2.28. The minimum absolute atomic E-state index is 0.0999. The number of phenolic OH excluding ortho intramolecular Hbond substituents is 1. The Labute approximate surface area is 140 Å². The van der Waals surface area contributed by atoms with Gasteiger partial charge >= 0.3 is 0 Å². The molecule has 3 aromatic rings. The number of rotatable bonds is 4. The smallest absolute Gasteiger partial charge is 0.274 e. The fourth-order valence-electron chi connectivity index (χ4n) is 2.47. The summed E-state index contributed by atoms with van der Waals surface area (Å²) in [5.74, 6) is -1.53. The molecule has 128 valence electrons. The van der Waals surface area contributed by atoms with Gasteiger partial charge in [-0.15, -0.1) is 0 Å². The van der Waals surface area contributed by atoms with Crippen molar-refractivity contribution in [3.8, 4) is 5.75 Å². The number of hydrogen-bond donors (Lipinski definition) is 2. The van der Waals surface area contributed by atoms with Gasteiger partial charge < -0.3 is 10.4 Å². The van der Waals surface area contributed by atoms with E-state index in [0.29, 0.717) is 17.8 Å². The zero-order valence-electron chi connectivity index (χ0n) is 13.1. The minimum atomic E-state index is -0.661. The normalized spacial score (nSPS) is 10.8. The van der Waals surface area contributed by atoms with Crippen LogP contribution in [-0.4, -0.2) is 25.3 Å². The summed E-state index contributed by atoms with van der Waals surface area (Å²) >= 11 is 0. The Bertz CT molecular complexity index is 999. The Morgan fingerprint density at radius 2 is 2.16 bits per heavy atom. The minimum Gasteiger partial charge on any atom is -0.506 e. The van der Waals surface area contributed by atoms with Crippen molar-refractivity contribution in [2.45, 2.75) is 13.3 Å². The summed E-state index contributed by atoms with van der Waals surface area (Å²) in [5.41, 5.74) is 0.531. The number of hydrogen-bond acceptors (Lipinski definition) is 5. The molecule has 8 nitrogen and oxygen atoms in total. The SMILES string of the molecule is CCc1nc2ccc(F)cn2c1C(=O)Nc1cc([N+](=O)[O-])ccc1O. The van der Waals surface area contributed by atoms with Crippen LogP contribution in [0.15, 0.2) is 36.5 Å². The average Bonchev–Trinajstić information content (AvgIpc) is 2.94. The van der Waals surface area contributed by atoms with Crippen LogP contribution in [0.3, 0.4) is 0 Å². The number of amides is 1. The number of carbonyl (C=O) groups excluding carboxylic acids is 1. The van der Waals surface area contributed by atoms with E-state index in [9.17, 15) is 24.4 Å². The van der Waals surface area contributed by atoms with Crippen LogP contribution in [0.25, 0.3) is 5.65 Å². The second-order valence-corrected chi connectivity index (χ2v) is 5.25. The number of anilines is 1. The lowest BCUT2D eigenvalue weighted by Gasteiger charge is -2.08. The molecule has 0 spiro atoms.